The van der Waals surface area contributed by atoms with Crippen LogP contribution in [0.15, 0.2) is 45.9 Å². The summed E-state index contributed by atoms with van der Waals surface area (Å²) in [5.74, 6) is 0. The Balaban J connectivity index is 2.49. The van der Waals surface area contributed by atoms with Gasteiger partial charge >= 0.3 is 0 Å². The second-order valence-corrected chi connectivity index (χ2v) is 4.76. The predicted molar refractivity (Wildman–Crippen MR) is 72.6 cm³/mol. The Morgan fingerprint density at radius 2 is 2.06 bits per heavy atom. The van der Waals surface area contributed by atoms with Crippen molar-refractivity contribution in [1.29, 1.82) is 0 Å². The SMILES string of the molecule is O=c1c2ccccc2[nH]c(=S)n1-c1ccsc1. The number of nitrogens with zero attached hydrogens (tertiary/aromatic N) is 1. The van der Waals surface area contributed by atoms with Gasteiger partial charge < -0.3 is 4.98 Å². The van der Waals surface area contributed by atoms with Crippen molar-refractivity contribution in [2.24, 2.45) is 0 Å². The molecule has 0 amide bonds. The minimum Gasteiger partial charge on any atom is -0.331 e. The summed E-state index contributed by atoms with van der Waals surface area (Å²) in [5.41, 5.74) is 1.50. The molecule has 3 rings (SSSR count). The number of aromatic amines is 1. The highest BCUT2D eigenvalue weighted by Crippen LogP contribution is 2.13. The third-order valence-electron chi connectivity index (χ3n) is 2.57. The first-order valence-corrected chi connectivity index (χ1v) is 6.39. The van der Waals surface area contributed by atoms with Crippen LogP contribution in [0.4, 0.5) is 0 Å². The number of nitrogens with one attached hydrogen (secondary N) is 1. The van der Waals surface area contributed by atoms with E-state index < -0.39 is 0 Å². The summed E-state index contributed by atoms with van der Waals surface area (Å²) < 4.78 is 1.95. The maximum atomic E-state index is 12.3. The molecule has 0 aliphatic heterocycles. The second kappa shape index (κ2) is 3.94. The van der Waals surface area contributed by atoms with E-state index in [0.717, 1.165) is 11.2 Å². The Hall–Kier alpha value is -1.72. The normalized spacial score (nSPS) is 10.8. The van der Waals surface area contributed by atoms with Crippen molar-refractivity contribution in [3.05, 3.63) is 56.2 Å². The summed E-state index contributed by atoms with van der Waals surface area (Å²) in [7, 11) is 0. The molecule has 3 aromatic rings. The number of benzene rings is 1. The molecule has 0 saturated carbocycles. The van der Waals surface area contributed by atoms with Gasteiger partial charge in [0.25, 0.3) is 5.56 Å². The molecule has 0 bridgehead atoms. The summed E-state index contributed by atoms with van der Waals surface area (Å²) >= 11 is 6.76. The first-order valence-electron chi connectivity index (χ1n) is 5.04. The molecule has 0 saturated heterocycles. The van der Waals surface area contributed by atoms with E-state index in [1.54, 1.807) is 6.07 Å². The van der Waals surface area contributed by atoms with Gasteiger partial charge in [0.1, 0.15) is 0 Å². The van der Waals surface area contributed by atoms with Gasteiger partial charge in [-0.05, 0) is 35.8 Å². The molecule has 0 unspecified atom stereocenters. The van der Waals surface area contributed by atoms with Crippen LogP contribution >= 0.6 is 23.6 Å². The van der Waals surface area contributed by atoms with Crippen molar-refractivity contribution in [3.8, 4) is 5.69 Å². The molecule has 2 aromatic heterocycles. The third kappa shape index (κ3) is 1.64. The number of para-hydroxylation sites is 1. The fourth-order valence-corrected chi connectivity index (χ4v) is 2.70. The highest BCUT2D eigenvalue weighted by Gasteiger charge is 2.06. The fraction of sp³-hybridized carbons (Fsp3) is 0. The average molecular weight is 260 g/mol. The smallest absolute Gasteiger partial charge is 0.266 e. The molecule has 1 N–H and O–H groups in total. The van der Waals surface area contributed by atoms with Crippen LogP contribution in [0.25, 0.3) is 16.6 Å². The molecule has 0 fully saturated rings. The van der Waals surface area contributed by atoms with Gasteiger partial charge in [-0.15, -0.1) is 0 Å². The molecule has 5 heteroatoms. The second-order valence-electron chi connectivity index (χ2n) is 3.60. The summed E-state index contributed by atoms with van der Waals surface area (Å²) in [6, 6.07) is 9.25. The van der Waals surface area contributed by atoms with Crippen molar-refractivity contribution in [2.45, 2.75) is 0 Å². The summed E-state index contributed by atoms with van der Waals surface area (Å²) in [6.07, 6.45) is 0. The van der Waals surface area contributed by atoms with E-state index >= 15 is 0 Å². The predicted octanol–water partition coefficient (Wildman–Crippen LogP) is 3.11. The zero-order valence-electron chi connectivity index (χ0n) is 8.71. The van der Waals surface area contributed by atoms with Gasteiger partial charge in [0, 0.05) is 5.38 Å². The Labute approximate surface area is 106 Å². The molecular weight excluding hydrogens is 252 g/mol. The van der Waals surface area contributed by atoms with Crippen LogP contribution in [0.5, 0.6) is 0 Å². The van der Waals surface area contributed by atoms with Gasteiger partial charge in [0.05, 0.1) is 16.6 Å². The molecule has 0 spiro atoms. The van der Waals surface area contributed by atoms with Crippen LogP contribution < -0.4 is 5.56 Å². The number of hydrogen-bond donors (Lipinski definition) is 1. The van der Waals surface area contributed by atoms with Crippen molar-refractivity contribution in [1.82, 2.24) is 9.55 Å². The lowest BCUT2D eigenvalue weighted by Gasteiger charge is -2.05. The molecule has 0 radical (unpaired) electrons. The van der Waals surface area contributed by atoms with Gasteiger partial charge in [-0.25, -0.2) is 0 Å². The van der Waals surface area contributed by atoms with Gasteiger partial charge in [-0.2, -0.15) is 11.3 Å². The monoisotopic (exact) mass is 260 g/mol. The van der Waals surface area contributed by atoms with Crippen LogP contribution in [-0.4, -0.2) is 9.55 Å². The Morgan fingerprint density at radius 1 is 1.24 bits per heavy atom. The number of fused-ring (bicyclic) bond motifs is 1. The summed E-state index contributed by atoms with van der Waals surface area (Å²) in [6.45, 7) is 0. The lowest BCUT2D eigenvalue weighted by Crippen LogP contribution is -2.19. The summed E-state index contributed by atoms with van der Waals surface area (Å²) in [4.78, 5) is 15.4. The topological polar surface area (TPSA) is 37.8 Å². The largest absolute Gasteiger partial charge is 0.331 e. The first-order chi connectivity index (χ1) is 8.27. The molecule has 1 aromatic carbocycles. The van der Waals surface area contributed by atoms with Crippen LogP contribution in [-0.2, 0) is 0 Å². The van der Waals surface area contributed by atoms with Gasteiger partial charge in [0.2, 0.25) is 0 Å². The minimum atomic E-state index is -0.0808. The van der Waals surface area contributed by atoms with E-state index in [2.05, 4.69) is 4.98 Å². The van der Waals surface area contributed by atoms with E-state index in [9.17, 15) is 4.79 Å². The van der Waals surface area contributed by atoms with Crippen LogP contribution in [0.3, 0.4) is 0 Å². The molecule has 3 nitrogen and oxygen atoms in total. The van der Waals surface area contributed by atoms with Crippen molar-refractivity contribution < 1.29 is 0 Å². The molecule has 0 aliphatic rings. The fourth-order valence-electron chi connectivity index (χ4n) is 1.78. The van der Waals surface area contributed by atoms with Gasteiger partial charge in [0.15, 0.2) is 4.77 Å². The maximum Gasteiger partial charge on any atom is 0.266 e. The molecule has 2 heterocycles. The standard InChI is InChI=1S/C12H8N2OS2/c15-11-9-3-1-2-4-10(9)13-12(16)14(11)8-5-6-17-7-8/h1-7H,(H,13,16). The van der Waals surface area contributed by atoms with Crippen molar-refractivity contribution >= 4 is 34.5 Å². The quantitative estimate of drug-likeness (QED) is 0.683. The minimum absolute atomic E-state index is 0.0808. The highest BCUT2D eigenvalue weighted by molar-refractivity contribution is 7.71. The Bertz CT molecular complexity index is 784. The van der Waals surface area contributed by atoms with Crippen molar-refractivity contribution in [2.75, 3.05) is 0 Å². The average Bonchev–Trinajstić information content (AvgIpc) is 2.83. The zero-order chi connectivity index (χ0) is 11.8. The Kier molecular flexibility index (Phi) is 2.42. The number of rotatable bonds is 1. The van der Waals surface area contributed by atoms with E-state index in [-0.39, 0.29) is 5.56 Å². The highest BCUT2D eigenvalue weighted by atomic mass is 32.1. The summed E-state index contributed by atoms with van der Waals surface area (Å²) in [5, 5.41) is 4.47. The Morgan fingerprint density at radius 3 is 2.82 bits per heavy atom. The number of aromatic nitrogens is 2. The van der Waals surface area contributed by atoms with E-state index in [1.165, 1.54) is 15.9 Å². The van der Waals surface area contributed by atoms with Crippen molar-refractivity contribution in [3.63, 3.8) is 0 Å². The lowest BCUT2D eigenvalue weighted by atomic mass is 10.2. The third-order valence-corrected chi connectivity index (χ3v) is 3.53. The maximum absolute atomic E-state index is 12.3. The number of H-pyrrole nitrogens is 1. The zero-order valence-corrected chi connectivity index (χ0v) is 10.3. The molecule has 84 valence electrons. The lowest BCUT2D eigenvalue weighted by molar-refractivity contribution is 0.945. The van der Waals surface area contributed by atoms with E-state index in [4.69, 9.17) is 12.2 Å². The van der Waals surface area contributed by atoms with Crippen LogP contribution in [0.2, 0.25) is 0 Å². The number of thiophene rings is 1. The molecular formula is C12H8N2OS2. The van der Waals surface area contributed by atoms with E-state index in [0.29, 0.717) is 10.2 Å². The van der Waals surface area contributed by atoms with Gasteiger partial charge in [-0.3, -0.25) is 9.36 Å². The van der Waals surface area contributed by atoms with Crippen LogP contribution in [0, 0.1) is 4.77 Å². The molecule has 17 heavy (non-hydrogen) atoms. The van der Waals surface area contributed by atoms with Crippen LogP contribution in [0.1, 0.15) is 0 Å². The van der Waals surface area contributed by atoms with E-state index in [1.807, 2.05) is 35.0 Å². The first kappa shape index (κ1) is 10.4. The van der Waals surface area contributed by atoms with Gasteiger partial charge in [-0.1, -0.05) is 12.1 Å². The number of hydrogen-bond acceptors (Lipinski definition) is 3. The molecule has 0 aliphatic carbocycles. The molecule has 0 atom stereocenters.